The van der Waals surface area contributed by atoms with Crippen molar-refractivity contribution >= 4 is 6.09 Å². The van der Waals surface area contributed by atoms with E-state index in [2.05, 4.69) is 5.32 Å². The lowest BCUT2D eigenvalue weighted by atomic mass is 10.2. The van der Waals surface area contributed by atoms with Crippen molar-refractivity contribution in [3.05, 3.63) is 35.9 Å². The van der Waals surface area contributed by atoms with E-state index in [4.69, 9.17) is 10.5 Å². The number of carbonyl (C=O) groups excluding carboxylic acids is 1. The van der Waals surface area contributed by atoms with Gasteiger partial charge in [0.2, 0.25) is 0 Å². The Morgan fingerprint density at radius 2 is 2.13 bits per heavy atom. The highest BCUT2D eigenvalue weighted by Crippen LogP contribution is 2.00. The monoisotopic (exact) mass is 208 g/mol. The molecule has 0 aliphatic heterocycles. The Morgan fingerprint density at radius 3 is 2.73 bits per heavy atom. The lowest BCUT2D eigenvalue weighted by Gasteiger charge is -2.11. The number of carbonyl (C=O) groups is 1. The fraction of sp³-hybridized carbons (Fsp3) is 0.364. The molecule has 0 saturated heterocycles. The number of amides is 1. The second-order valence-corrected chi connectivity index (χ2v) is 3.22. The highest BCUT2D eigenvalue weighted by molar-refractivity contribution is 5.67. The molecule has 0 aliphatic carbocycles. The minimum Gasteiger partial charge on any atom is -0.445 e. The van der Waals surface area contributed by atoms with Crippen molar-refractivity contribution in [2.45, 2.75) is 26.1 Å². The smallest absolute Gasteiger partial charge is 0.408 e. The zero-order valence-electron chi connectivity index (χ0n) is 8.77. The normalized spacial score (nSPS) is 11.9. The van der Waals surface area contributed by atoms with Crippen LogP contribution in [0.4, 0.5) is 4.79 Å². The summed E-state index contributed by atoms with van der Waals surface area (Å²) in [5.74, 6) is 0. The quantitative estimate of drug-likeness (QED) is 0.739. The van der Waals surface area contributed by atoms with Crippen molar-refractivity contribution in [1.82, 2.24) is 5.32 Å². The molecule has 1 aromatic rings. The van der Waals surface area contributed by atoms with Crippen LogP contribution in [0.25, 0.3) is 0 Å². The van der Waals surface area contributed by atoms with E-state index in [9.17, 15) is 4.79 Å². The summed E-state index contributed by atoms with van der Waals surface area (Å²) in [5.41, 5.74) is 6.49. The van der Waals surface area contributed by atoms with Crippen LogP contribution < -0.4 is 11.1 Å². The highest BCUT2D eigenvalue weighted by Gasteiger charge is 2.05. The second kappa shape index (κ2) is 6.03. The predicted molar refractivity (Wildman–Crippen MR) is 58.0 cm³/mol. The first-order chi connectivity index (χ1) is 7.22. The van der Waals surface area contributed by atoms with Crippen LogP contribution in [0.5, 0.6) is 0 Å². The summed E-state index contributed by atoms with van der Waals surface area (Å²) < 4.78 is 4.97. The number of rotatable bonds is 4. The molecule has 0 fully saturated rings. The Balaban J connectivity index is 2.29. The van der Waals surface area contributed by atoms with Crippen LogP contribution in [0.3, 0.4) is 0 Å². The van der Waals surface area contributed by atoms with Crippen LogP contribution in [-0.2, 0) is 11.3 Å². The maximum absolute atomic E-state index is 11.2. The van der Waals surface area contributed by atoms with Gasteiger partial charge in [-0.2, -0.15) is 0 Å². The summed E-state index contributed by atoms with van der Waals surface area (Å²) in [4.78, 5) is 11.2. The van der Waals surface area contributed by atoms with Gasteiger partial charge in [0, 0.05) is 0 Å². The molecule has 1 atom stereocenters. The third-order valence-corrected chi connectivity index (χ3v) is 1.96. The fourth-order valence-corrected chi connectivity index (χ4v) is 1.02. The van der Waals surface area contributed by atoms with Gasteiger partial charge in [-0.15, -0.1) is 0 Å². The molecule has 0 spiro atoms. The summed E-state index contributed by atoms with van der Waals surface area (Å²) in [7, 11) is 0. The number of alkyl carbamates (subject to hydrolysis) is 1. The molecule has 3 N–H and O–H groups in total. The van der Waals surface area contributed by atoms with Crippen molar-refractivity contribution in [1.29, 1.82) is 0 Å². The van der Waals surface area contributed by atoms with Gasteiger partial charge in [0.15, 0.2) is 0 Å². The van der Waals surface area contributed by atoms with Crippen LogP contribution in [0.1, 0.15) is 18.9 Å². The molecule has 15 heavy (non-hydrogen) atoms. The Morgan fingerprint density at radius 1 is 1.47 bits per heavy atom. The van der Waals surface area contributed by atoms with Gasteiger partial charge in [-0.25, -0.2) is 4.79 Å². The largest absolute Gasteiger partial charge is 0.445 e. The number of ether oxygens (including phenoxy) is 1. The van der Waals surface area contributed by atoms with Crippen LogP contribution in [-0.4, -0.2) is 12.3 Å². The van der Waals surface area contributed by atoms with Crippen molar-refractivity contribution in [3.63, 3.8) is 0 Å². The highest BCUT2D eigenvalue weighted by atomic mass is 16.5. The van der Waals surface area contributed by atoms with Gasteiger partial charge in [0.25, 0.3) is 0 Å². The number of benzene rings is 1. The molecule has 4 heteroatoms. The topological polar surface area (TPSA) is 64.3 Å². The molecular weight excluding hydrogens is 192 g/mol. The van der Waals surface area contributed by atoms with Crippen molar-refractivity contribution in [2.75, 3.05) is 0 Å². The molecular formula is C11H16N2O2. The Hall–Kier alpha value is -1.55. The molecule has 1 unspecified atom stereocenters. The summed E-state index contributed by atoms with van der Waals surface area (Å²) in [6, 6.07) is 9.50. The average molecular weight is 208 g/mol. The van der Waals surface area contributed by atoms with Crippen molar-refractivity contribution in [3.8, 4) is 0 Å². The van der Waals surface area contributed by atoms with Crippen LogP contribution in [0.15, 0.2) is 30.3 Å². The van der Waals surface area contributed by atoms with E-state index in [0.29, 0.717) is 6.42 Å². The fourth-order valence-electron chi connectivity index (χ4n) is 1.02. The van der Waals surface area contributed by atoms with Crippen LogP contribution in [0.2, 0.25) is 0 Å². The van der Waals surface area contributed by atoms with E-state index >= 15 is 0 Å². The molecule has 0 radical (unpaired) electrons. The minimum atomic E-state index is -0.479. The summed E-state index contributed by atoms with van der Waals surface area (Å²) >= 11 is 0. The Bertz CT molecular complexity index is 301. The van der Waals surface area contributed by atoms with E-state index in [1.165, 1.54) is 0 Å². The Kier molecular flexibility index (Phi) is 4.63. The average Bonchev–Trinajstić information content (AvgIpc) is 2.27. The standard InChI is InChI=1S/C11H16N2O2/c1-2-10(12)13-11(14)15-8-9-6-4-3-5-7-9/h3-7,10H,2,8,12H2,1H3,(H,13,14). The second-order valence-electron chi connectivity index (χ2n) is 3.22. The van der Waals surface area contributed by atoms with Crippen molar-refractivity contribution in [2.24, 2.45) is 5.73 Å². The zero-order chi connectivity index (χ0) is 11.1. The molecule has 0 bridgehead atoms. The first-order valence-corrected chi connectivity index (χ1v) is 4.95. The van der Waals surface area contributed by atoms with E-state index in [1.54, 1.807) is 0 Å². The number of nitrogens with one attached hydrogen (secondary N) is 1. The molecule has 1 amide bonds. The summed E-state index contributed by atoms with van der Waals surface area (Å²) in [5, 5.41) is 2.52. The van der Waals surface area contributed by atoms with E-state index in [1.807, 2.05) is 37.3 Å². The minimum absolute atomic E-state index is 0.267. The van der Waals surface area contributed by atoms with E-state index in [-0.39, 0.29) is 12.8 Å². The molecule has 4 nitrogen and oxygen atoms in total. The molecule has 0 aromatic heterocycles. The van der Waals surface area contributed by atoms with Gasteiger partial charge in [0.05, 0.1) is 6.17 Å². The summed E-state index contributed by atoms with van der Waals surface area (Å²) in [6.07, 6.45) is -0.137. The first-order valence-electron chi connectivity index (χ1n) is 4.95. The molecule has 0 aliphatic rings. The predicted octanol–water partition coefficient (Wildman–Crippen LogP) is 1.61. The van der Waals surface area contributed by atoms with Crippen LogP contribution >= 0.6 is 0 Å². The van der Waals surface area contributed by atoms with Crippen molar-refractivity contribution < 1.29 is 9.53 Å². The SMILES string of the molecule is CCC(N)NC(=O)OCc1ccccc1. The number of hydrogen-bond donors (Lipinski definition) is 2. The first kappa shape index (κ1) is 11.5. The lowest BCUT2D eigenvalue weighted by molar-refractivity contribution is 0.135. The Labute approximate surface area is 89.4 Å². The molecule has 1 rings (SSSR count). The lowest BCUT2D eigenvalue weighted by Crippen LogP contribution is -2.41. The molecule has 82 valence electrons. The summed E-state index contributed by atoms with van der Waals surface area (Å²) in [6.45, 7) is 2.16. The third kappa shape index (κ3) is 4.46. The van der Waals surface area contributed by atoms with Gasteiger partial charge in [0.1, 0.15) is 6.61 Å². The number of nitrogens with two attached hydrogens (primary N) is 1. The van der Waals surface area contributed by atoms with E-state index < -0.39 is 6.09 Å². The van der Waals surface area contributed by atoms with Crippen LogP contribution in [0, 0.1) is 0 Å². The van der Waals surface area contributed by atoms with Gasteiger partial charge < -0.3 is 15.8 Å². The molecule has 0 heterocycles. The van der Waals surface area contributed by atoms with Gasteiger partial charge in [-0.3, -0.25) is 0 Å². The molecule has 0 saturated carbocycles. The van der Waals surface area contributed by atoms with Gasteiger partial charge in [-0.1, -0.05) is 37.3 Å². The third-order valence-electron chi connectivity index (χ3n) is 1.96. The van der Waals surface area contributed by atoms with Gasteiger partial charge in [-0.05, 0) is 12.0 Å². The van der Waals surface area contributed by atoms with E-state index in [0.717, 1.165) is 5.56 Å². The maximum Gasteiger partial charge on any atom is 0.408 e. The number of hydrogen-bond acceptors (Lipinski definition) is 3. The van der Waals surface area contributed by atoms with Gasteiger partial charge >= 0.3 is 6.09 Å². The maximum atomic E-state index is 11.2. The zero-order valence-corrected chi connectivity index (χ0v) is 8.77. The molecule has 1 aromatic carbocycles.